The summed E-state index contributed by atoms with van der Waals surface area (Å²) in [5.41, 5.74) is 1.60. The highest BCUT2D eigenvalue weighted by Gasteiger charge is 2.37. The number of rotatable bonds is 5. The Morgan fingerprint density at radius 2 is 1.92 bits per heavy atom. The summed E-state index contributed by atoms with van der Waals surface area (Å²) < 4.78 is 5.67. The van der Waals surface area contributed by atoms with Crippen LogP contribution in [0.15, 0.2) is 48.5 Å². The SMILES string of the molecule is CC(=O)N[C@@H]1C(=O)N(CCOc2ccccc2Cl)c2ccccc21. The standard InChI is InChI=1S/C18H17ClN2O3/c1-12(22)20-17-13-6-2-4-8-15(13)21(18(17)23)10-11-24-16-9-5-3-7-14(16)19/h2-9,17H,10-11H2,1H3,(H,20,22)/t17-/m0/s1. The van der Waals surface area contributed by atoms with Gasteiger partial charge in [-0.25, -0.2) is 0 Å². The van der Waals surface area contributed by atoms with Crippen molar-refractivity contribution in [3.63, 3.8) is 0 Å². The third-order valence-electron chi connectivity index (χ3n) is 3.81. The van der Waals surface area contributed by atoms with Gasteiger partial charge < -0.3 is 15.0 Å². The summed E-state index contributed by atoms with van der Waals surface area (Å²) in [5, 5.41) is 3.23. The molecule has 5 nitrogen and oxygen atoms in total. The molecular formula is C18H17ClN2O3. The van der Waals surface area contributed by atoms with Gasteiger partial charge in [0.15, 0.2) is 0 Å². The maximum atomic E-state index is 12.6. The summed E-state index contributed by atoms with van der Waals surface area (Å²) in [6.45, 7) is 2.08. The number of nitrogens with zero attached hydrogens (tertiary/aromatic N) is 1. The number of para-hydroxylation sites is 2. The van der Waals surface area contributed by atoms with E-state index >= 15 is 0 Å². The molecular weight excluding hydrogens is 328 g/mol. The fourth-order valence-electron chi connectivity index (χ4n) is 2.77. The van der Waals surface area contributed by atoms with E-state index in [4.69, 9.17) is 16.3 Å². The van der Waals surface area contributed by atoms with Gasteiger partial charge in [-0.1, -0.05) is 41.9 Å². The third kappa shape index (κ3) is 3.21. The van der Waals surface area contributed by atoms with Crippen molar-refractivity contribution in [3.05, 3.63) is 59.1 Å². The molecule has 2 aromatic carbocycles. The van der Waals surface area contributed by atoms with Gasteiger partial charge in [-0.05, 0) is 18.2 Å². The van der Waals surface area contributed by atoms with Crippen molar-refractivity contribution in [2.75, 3.05) is 18.1 Å². The van der Waals surface area contributed by atoms with E-state index < -0.39 is 6.04 Å². The van der Waals surface area contributed by atoms with Crippen LogP contribution in [-0.4, -0.2) is 25.0 Å². The molecule has 1 heterocycles. The molecule has 1 aliphatic rings. The molecule has 1 atom stereocenters. The van der Waals surface area contributed by atoms with Crippen LogP contribution in [0.4, 0.5) is 5.69 Å². The number of hydrogen-bond acceptors (Lipinski definition) is 3. The molecule has 0 unspecified atom stereocenters. The molecule has 0 spiro atoms. The number of benzene rings is 2. The van der Waals surface area contributed by atoms with Gasteiger partial charge in [0.1, 0.15) is 18.4 Å². The van der Waals surface area contributed by atoms with Crippen molar-refractivity contribution >= 4 is 29.1 Å². The summed E-state index contributed by atoms with van der Waals surface area (Å²) in [6.07, 6.45) is 0. The monoisotopic (exact) mass is 344 g/mol. The molecule has 124 valence electrons. The summed E-state index contributed by atoms with van der Waals surface area (Å²) in [6, 6.07) is 14.0. The van der Waals surface area contributed by atoms with Crippen molar-refractivity contribution in [3.8, 4) is 5.75 Å². The van der Waals surface area contributed by atoms with Gasteiger partial charge in [0, 0.05) is 18.2 Å². The minimum atomic E-state index is -0.640. The number of halogens is 1. The highest BCUT2D eigenvalue weighted by Crippen LogP contribution is 2.35. The van der Waals surface area contributed by atoms with Gasteiger partial charge in [-0.3, -0.25) is 9.59 Å². The first kappa shape index (κ1) is 16.3. The lowest BCUT2D eigenvalue weighted by Crippen LogP contribution is -2.38. The van der Waals surface area contributed by atoms with Gasteiger partial charge in [-0.15, -0.1) is 0 Å². The number of amides is 2. The highest BCUT2D eigenvalue weighted by atomic mass is 35.5. The second-order valence-electron chi connectivity index (χ2n) is 5.46. The van der Waals surface area contributed by atoms with E-state index in [0.29, 0.717) is 23.9 Å². The van der Waals surface area contributed by atoms with Gasteiger partial charge in [0.05, 0.1) is 11.6 Å². The molecule has 0 fully saturated rings. The number of anilines is 1. The van der Waals surface area contributed by atoms with Crippen molar-refractivity contribution in [2.45, 2.75) is 13.0 Å². The molecule has 0 aromatic heterocycles. The summed E-state index contributed by atoms with van der Waals surface area (Å²) >= 11 is 6.06. The zero-order chi connectivity index (χ0) is 17.1. The molecule has 2 amide bonds. The van der Waals surface area contributed by atoms with Gasteiger partial charge in [0.2, 0.25) is 5.91 Å². The molecule has 1 aliphatic heterocycles. The molecule has 0 saturated carbocycles. The minimum absolute atomic E-state index is 0.158. The molecule has 2 aromatic rings. The quantitative estimate of drug-likeness (QED) is 0.907. The lowest BCUT2D eigenvalue weighted by molar-refractivity contribution is -0.126. The normalized spacial score (nSPS) is 16.0. The third-order valence-corrected chi connectivity index (χ3v) is 4.12. The lowest BCUT2D eigenvalue weighted by Gasteiger charge is -2.18. The number of hydrogen-bond donors (Lipinski definition) is 1. The van der Waals surface area contributed by atoms with E-state index in [1.54, 1.807) is 17.0 Å². The number of fused-ring (bicyclic) bond motifs is 1. The number of ether oxygens (including phenoxy) is 1. The van der Waals surface area contributed by atoms with Crippen LogP contribution in [0.3, 0.4) is 0 Å². The van der Waals surface area contributed by atoms with Crippen molar-refractivity contribution in [2.24, 2.45) is 0 Å². The van der Waals surface area contributed by atoms with Crippen molar-refractivity contribution in [1.29, 1.82) is 0 Å². The van der Waals surface area contributed by atoms with Crippen LogP contribution in [0.5, 0.6) is 5.75 Å². The van der Waals surface area contributed by atoms with E-state index in [1.165, 1.54) is 6.92 Å². The minimum Gasteiger partial charge on any atom is -0.490 e. The van der Waals surface area contributed by atoms with Crippen LogP contribution < -0.4 is 15.0 Å². The smallest absolute Gasteiger partial charge is 0.254 e. The van der Waals surface area contributed by atoms with Crippen LogP contribution in [-0.2, 0) is 9.59 Å². The summed E-state index contributed by atoms with van der Waals surface area (Å²) in [7, 11) is 0. The van der Waals surface area contributed by atoms with Gasteiger partial charge in [0.25, 0.3) is 5.91 Å². The first-order valence-corrected chi connectivity index (χ1v) is 8.00. The molecule has 0 bridgehead atoms. The maximum absolute atomic E-state index is 12.6. The van der Waals surface area contributed by atoms with Crippen LogP contribution in [0.1, 0.15) is 18.5 Å². The molecule has 0 saturated heterocycles. The fourth-order valence-corrected chi connectivity index (χ4v) is 2.96. The lowest BCUT2D eigenvalue weighted by atomic mass is 10.1. The molecule has 1 N–H and O–H groups in total. The van der Waals surface area contributed by atoms with E-state index in [9.17, 15) is 9.59 Å². The van der Waals surface area contributed by atoms with E-state index in [-0.39, 0.29) is 11.8 Å². The van der Waals surface area contributed by atoms with E-state index in [2.05, 4.69) is 5.32 Å². The topological polar surface area (TPSA) is 58.6 Å². The average Bonchev–Trinajstić information content (AvgIpc) is 2.82. The van der Waals surface area contributed by atoms with E-state index in [1.807, 2.05) is 36.4 Å². The number of carbonyl (C=O) groups excluding carboxylic acids is 2. The molecule has 6 heteroatoms. The van der Waals surface area contributed by atoms with Crippen molar-refractivity contribution < 1.29 is 14.3 Å². The first-order valence-electron chi connectivity index (χ1n) is 7.62. The zero-order valence-electron chi connectivity index (χ0n) is 13.2. The number of carbonyl (C=O) groups is 2. The Hall–Kier alpha value is -2.53. The highest BCUT2D eigenvalue weighted by molar-refractivity contribution is 6.32. The predicted octanol–water partition coefficient (Wildman–Crippen LogP) is 2.94. The molecule has 0 aliphatic carbocycles. The Bertz CT molecular complexity index is 778. The Morgan fingerprint density at radius 1 is 1.21 bits per heavy atom. The van der Waals surface area contributed by atoms with Gasteiger partial charge in [-0.2, -0.15) is 0 Å². The van der Waals surface area contributed by atoms with Crippen LogP contribution in [0.2, 0.25) is 5.02 Å². The first-order chi connectivity index (χ1) is 11.6. The average molecular weight is 345 g/mol. The second-order valence-corrected chi connectivity index (χ2v) is 5.87. The van der Waals surface area contributed by atoms with Crippen molar-refractivity contribution in [1.82, 2.24) is 5.32 Å². The Morgan fingerprint density at radius 3 is 2.67 bits per heavy atom. The summed E-state index contributed by atoms with van der Waals surface area (Å²) in [4.78, 5) is 25.6. The van der Waals surface area contributed by atoms with E-state index in [0.717, 1.165) is 11.3 Å². The molecule has 3 rings (SSSR count). The summed E-state index contributed by atoms with van der Waals surface area (Å²) in [5.74, 6) is 0.184. The Labute approximate surface area is 145 Å². The fraction of sp³-hybridized carbons (Fsp3) is 0.222. The van der Waals surface area contributed by atoms with Crippen LogP contribution in [0, 0.1) is 0 Å². The van der Waals surface area contributed by atoms with Crippen LogP contribution >= 0.6 is 11.6 Å². The predicted molar refractivity (Wildman–Crippen MR) is 92.3 cm³/mol. The largest absolute Gasteiger partial charge is 0.490 e. The maximum Gasteiger partial charge on any atom is 0.254 e. The zero-order valence-corrected chi connectivity index (χ0v) is 13.9. The Kier molecular flexibility index (Phi) is 4.71. The Balaban J connectivity index is 1.73. The second kappa shape index (κ2) is 6.93. The van der Waals surface area contributed by atoms with Gasteiger partial charge >= 0.3 is 0 Å². The number of nitrogens with one attached hydrogen (secondary N) is 1. The molecule has 0 radical (unpaired) electrons. The molecule has 24 heavy (non-hydrogen) atoms. The van der Waals surface area contributed by atoms with Crippen LogP contribution in [0.25, 0.3) is 0 Å².